The van der Waals surface area contributed by atoms with E-state index in [0.717, 1.165) is 35.5 Å². The molecule has 0 spiro atoms. The zero-order valence-electron chi connectivity index (χ0n) is 12.9. The molecule has 8 heteroatoms. The highest BCUT2D eigenvalue weighted by atomic mass is 35.5. The molecule has 0 bridgehead atoms. The van der Waals surface area contributed by atoms with Crippen LogP contribution in [0.2, 0.25) is 10.0 Å². The Hall–Kier alpha value is -1.21. The van der Waals surface area contributed by atoms with E-state index in [9.17, 15) is 5.11 Å². The number of aliphatic hydroxyl groups is 1. The first-order valence-corrected chi connectivity index (χ1v) is 9.29. The number of rotatable bonds is 4. The van der Waals surface area contributed by atoms with Crippen LogP contribution in [0.25, 0.3) is 0 Å². The van der Waals surface area contributed by atoms with Crippen LogP contribution < -0.4 is 11.1 Å². The molecule has 0 aliphatic heterocycles. The lowest BCUT2D eigenvalue weighted by atomic mass is 9.93. The number of hydrogen-bond donors (Lipinski definition) is 3. The van der Waals surface area contributed by atoms with Crippen LogP contribution in [0.5, 0.6) is 0 Å². The molecule has 1 aromatic carbocycles. The maximum absolute atomic E-state index is 9.64. The zero-order valence-corrected chi connectivity index (χ0v) is 15.2. The number of hydrogen-bond acceptors (Lipinski definition) is 6. The van der Waals surface area contributed by atoms with Gasteiger partial charge in [0.2, 0.25) is 5.95 Å². The van der Waals surface area contributed by atoms with E-state index in [-0.39, 0.29) is 18.1 Å². The van der Waals surface area contributed by atoms with Gasteiger partial charge >= 0.3 is 0 Å². The number of aromatic nitrogens is 2. The molecule has 24 heavy (non-hydrogen) atoms. The van der Waals surface area contributed by atoms with E-state index in [4.69, 9.17) is 28.9 Å². The Morgan fingerprint density at radius 3 is 2.50 bits per heavy atom. The van der Waals surface area contributed by atoms with Crippen molar-refractivity contribution >= 4 is 46.7 Å². The van der Waals surface area contributed by atoms with Crippen LogP contribution in [0.3, 0.4) is 0 Å². The number of nitrogens with zero attached hydrogens (tertiary/aromatic N) is 2. The Bertz CT molecular complexity index is 703. The second kappa shape index (κ2) is 7.78. The van der Waals surface area contributed by atoms with Gasteiger partial charge in [0.15, 0.2) is 0 Å². The van der Waals surface area contributed by atoms with Gasteiger partial charge in [-0.25, -0.2) is 4.98 Å². The van der Waals surface area contributed by atoms with E-state index in [1.165, 1.54) is 11.8 Å². The standard InChI is InChI=1S/C16H18Cl2N4OS/c17-11-2-1-3-12(18)14(11)24-13-8-20-16(19)22-15(13)21-9-4-6-10(23)7-5-9/h1-3,8-10,23H,4-7H2,(H3,19,20,21,22). The number of nitrogens with one attached hydrogen (secondary N) is 1. The van der Waals surface area contributed by atoms with Crippen LogP contribution in [0.15, 0.2) is 34.2 Å². The fourth-order valence-electron chi connectivity index (χ4n) is 2.67. The van der Waals surface area contributed by atoms with Gasteiger partial charge in [0.1, 0.15) is 5.82 Å². The van der Waals surface area contributed by atoms with Crippen LogP contribution in [0, 0.1) is 0 Å². The SMILES string of the molecule is Nc1ncc(Sc2c(Cl)cccc2Cl)c(NC2CCC(O)CC2)n1. The van der Waals surface area contributed by atoms with Crippen LogP contribution >= 0.6 is 35.0 Å². The molecule has 0 saturated heterocycles. The van der Waals surface area contributed by atoms with E-state index in [1.807, 2.05) is 0 Å². The maximum Gasteiger partial charge on any atom is 0.221 e. The summed E-state index contributed by atoms with van der Waals surface area (Å²) in [5.74, 6) is 0.882. The second-order valence-electron chi connectivity index (χ2n) is 5.74. The Kier molecular flexibility index (Phi) is 5.71. The summed E-state index contributed by atoms with van der Waals surface area (Å²) in [6, 6.07) is 5.65. The molecule has 5 nitrogen and oxygen atoms in total. The van der Waals surface area contributed by atoms with Crippen molar-refractivity contribution in [1.29, 1.82) is 0 Å². The third-order valence-electron chi connectivity index (χ3n) is 3.94. The number of aliphatic hydroxyl groups excluding tert-OH is 1. The molecule has 2 aromatic rings. The molecule has 0 atom stereocenters. The van der Waals surface area contributed by atoms with Gasteiger partial charge in [0.05, 0.1) is 21.0 Å². The van der Waals surface area contributed by atoms with Crippen LogP contribution in [0.1, 0.15) is 25.7 Å². The summed E-state index contributed by atoms with van der Waals surface area (Å²) in [5, 5.41) is 14.2. The summed E-state index contributed by atoms with van der Waals surface area (Å²) < 4.78 is 0. The minimum absolute atomic E-state index is 0.200. The molecular formula is C16H18Cl2N4OS. The normalized spacial score (nSPS) is 20.8. The lowest BCUT2D eigenvalue weighted by Crippen LogP contribution is -2.28. The average Bonchev–Trinajstić information content (AvgIpc) is 2.55. The van der Waals surface area contributed by atoms with Gasteiger partial charge in [-0.05, 0) is 37.8 Å². The molecule has 0 amide bonds. The lowest BCUT2D eigenvalue weighted by molar-refractivity contribution is 0.126. The second-order valence-corrected chi connectivity index (χ2v) is 7.61. The molecule has 128 valence electrons. The highest BCUT2D eigenvalue weighted by Gasteiger charge is 2.21. The molecule has 3 rings (SSSR count). The quantitative estimate of drug-likeness (QED) is 0.731. The van der Waals surface area contributed by atoms with Crippen LogP contribution in [-0.2, 0) is 0 Å². The fraction of sp³-hybridized carbons (Fsp3) is 0.375. The molecule has 1 heterocycles. The van der Waals surface area contributed by atoms with E-state index < -0.39 is 0 Å². The number of nitrogen functional groups attached to an aromatic ring is 1. The Morgan fingerprint density at radius 1 is 1.17 bits per heavy atom. The molecule has 0 unspecified atom stereocenters. The first kappa shape index (κ1) is 17.6. The highest BCUT2D eigenvalue weighted by molar-refractivity contribution is 7.99. The number of halogens is 2. The Morgan fingerprint density at radius 2 is 1.83 bits per heavy atom. The predicted molar refractivity (Wildman–Crippen MR) is 98.9 cm³/mol. The Balaban J connectivity index is 1.83. The van der Waals surface area contributed by atoms with Gasteiger partial charge in [-0.2, -0.15) is 4.98 Å². The van der Waals surface area contributed by atoms with Gasteiger partial charge in [0, 0.05) is 17.1 Å². The van der Waals surface area contributed by atoms with E-state index >= 15 is 0 Å². The van der Waals surface area contributed by atoms with Gasteiger partial charge in [-0.3, -0.25) is 0 Å². The van der Waals surface area contributed by atoms with Crippen molar-refractivity contribution in [2.75, 3.05) is 11.1 Å². The summed E-state index contributed by atoms with van der Waals surface area (Å²) in [4.78, 5) is 9.98. The van der Waals surface area contributed by atoms with Crippen molar-refractivity contribution in [2.24, 2.45) is 0 Å². The molecule has 1 aliphatic rings. The lowest BCUT2D eigenvalue weighted by Gasteiger charge is -2.27. The number of nitrogens with two attached hydrogens (primary N) is 1. The van der Waals surface area contributed by atoms with Crippen molar-refractivity contribution in [3.05, 3.63) is 34.4 Å². The molecule has 0 radical (unpaired) electrons. The van der Waals surface area contributed by atoms with Crippen LogP contribution in [-0.4, -0.2) is 27.2 Å². The molecule has 1 fully saturated rings. The summed E-state index contributed by atoms with van der Waals surface area (Å²) in [6.45, 7) is 0. The Labute approximate surface area is 155 Å². The van der Waals surface area contributed by atoms with Crippen molar-refractivity contribution in [3.63, 3.8) is 0 Å². The van der Waals surface area contributed by atoms with Gasteiger partial charge in [-0.1, -0.05) is 41.0 Å². The van der Waals surface area contributed by atoms with Gasteiger partial charge < -0.3 is 16.2 Å². The average molecular weight is 385 g/mol. The molecule has 1 aliphatic carbocycles. The maximum atomic E-state index is 9.64. The molecular weight excluding hydrogens is 367 g/mol. The van der Waals surface area contributed by atoms with E-state index in [1.54, 1.807) is 24.4 Å². The van der Waals surface area contributed by atoms with Gasteiger partial charge in [0.25, 0.3) is 0 Å². The minimum Gasteiger partial charge on any atom is -0.393 e. The van der Waals surface area contributed by atoms with E-state index in [0.29, 0.717) is 15.9 Å². The molecule has 1 aromatic heterocycles. The minimum atomic E-state index is -0.200. The summed E-state index contributed by atoms with van der Waals surface area (Å²) in [6.07, 6.45) is 4.83. The number of benzene rings is 1. The largest absolute Gasteiger partial charge is 0.393 e. The number of anilines is 2. The highest BCUT2D eigenvalue weighted by Crippen LogP contribution is 2.41. The van der Waals surface area contributed by atoms with E-state index in [2.05, 4.69) is 15.3 Å². The summed E-state index contributed by atoms with van der Waals surface area (Å²) >= 11 is 13.9. The van der Waals surface area contributed by atoms with Crippen molar-refractivity contribution in [3.8, 4) is 0 Å². The monoisotopic (exact) mass is 384 g/mol. The smallest absolute Gasteiger partial charge is 0.221 e. The van der Waals surface area contributed by atoms with Crippen molar-refractivity contribution in [1.82, 2.24) is 9.97 Å². The third-order valence-corrected chi connectivity index (χ3v) is 5.96. The first-order chi connectivity index (χ1) is 11.5. The van der Waals surface area contributed by atoms with Crippen LogP contribution in [0.4, 0.5) is 11.8 Å². The van der Waals surface area contributed by atoms with Crippen molar-refractivity contribution < 1.29 is 5.11 Å². The van der Waals surface area contributed by atoms with Gasteiger partial charge in [-0.15, -0.1) is 0 Å². The third kappa shape index (κ3) is 4.25. The molecule has 1 saturated carbocycles. The first-order valence-electron chi connectivity index (χ1n) is 7.72. The summed E-state index contributed by atoms with van der Waals surface area (Å²) in [7, 11) is 0. The van der Waals surface area contributed by atoms with Crippen molar-refractivity contribution in [2.45, 2.75) is 47.6 Å². The summed E-state index contributed by atoms with van der Waals surface area (Å²) in [5.41, 5.74) is 5.74. The molecule has 4 N–H and O–H groups in total. The zero-order chi connectivity index (χ0) is 17.1. The predicted octanol–water partition coefficient (Wildman–Crippen LogP) is 4.23. The fourth-order valence-corrected chi connectivity index (χ4v) is 4.15. The topological polar surface area (TPSA) is 84.1 Å².